The van der Waals surface area contributed by atoms with Crippen LogP contribution in [0.1, 0.15) is 11.1 Å². The van der Waals surface area contributed by atoms with Crippen molar-refractivity contribution in [1.82, 2.24) is 0 Å². The van der Waals surface area contributed by atoms with Crippen LogP contribution in [0.2, 0.25) is 5.02 Å². The smallest absolute Gasteiger partial charge is 0.234 e. The fourth-order valence-corrected chi connectivity index (χ4v) is 2.74. The zero-order valence-electron chi connectivity index (χ0n) is 11.9. The molecule has 0 saturated heterocycles. The Balaban J connectivity index is 1.94. The first-order valence-electron chi connectivity index (χ1n) is 6.50. The summed E-state index contributed by atoms with van der Waals surface area (Å²) in [5.74, 6) is 0.221. The van der Waals surface area contributed by atoms with E-state index in [-0.39, 0.29) is 5.91 Å². The predicted molar refractivity (Wildman–Crippen MR) is 91.1 cm³/mol. The zero-order chi connectivity index (χ0) is 15.4. The number of aryl methyl sites for hydroxylation is 2. The minimum Gasteiger partial charge on any atom is -0.398 e. The summed E-state index contributed by atoms with van der Waals surface area (Å²) in [7, 11) is 0. The number of hydrogen-bond acceptors (Lipinski definition) is 3. The van der Waals surface area contributed by atoms with Crippen LogP contribution in [0.25, 0.3) is 0 Å². The lowest BCUT2D eigenvalue weighted by molar-refractivity contribution is -0.113. The van der Waals surface area contributed by atoms with E-state index in [0.29, 0.717) is 22.2 Å². The maximum absolute atomic E-state index is 11.9. The number of thioether (sulfide) groups is 1. The summed E-state index contributed by atoms with van der Waals surface area (Å²) < 4.78 is 0. The standard InChI is InChI=1S/C16H17ClN2OS/c1-10-3-6-15(14(18)7-10)21-9-16(20)19-12-5-4-11(2)13(17)8-12/h3-8H,9,18H2,1-2H3,(H,19,20). The number of carbonyl (C=O) groups is 1. The van der Waals surface area contributed by atoms with Crippen LogP contribution in [0, 0.1) is 13.8 Å². The molecule has 0 bridgehead atoms. The number of amides is 1. The Morgan fingerprint density at radius 3 is 2.67 bits per heavy atom. The van der Waals surface area contributed by atoms with E-state index in [2.05, 4.69) is 5.32 Å². The molecule has 3 N–H and O–H groups in total. The largest absolute Gasteiger partial charge is 0.398 e. The van der Waals surface area contributed by atoms with Crippen LogP contribution in [0.4, 0.5) is 11.4 Å². The highest BCUT2D eigenvalue weighted by Crippen LogP contribution is 2.26. The van der Waals surface area contributed by atoms with E-state index in [9.17, 15) is 4.79 Å². The van der Waals surface area contributed by atoms with Gasteiger partial charge in [0, 0.05) is 21.3 Å². The third-order valence-corrected chi connectivity index (χ3v) is 4.48. The fraction of sp³-hybridized carbons (Fsp3) is 0.188. The number of carbonyl (C=O) groups excluding carboxylic acids is 1. The minimum atomic E-state index is -0.0834. The van der Waals surface area contributed by atoms with Crippen LogP contribution < -0.4 is 11.1 Å². The van der Waals surface area contributed by atoms with Gasteiger partial charge in [0.2, 0.25) is 5.91 Å². The molecule has 2 aromatic rings. The van der Waals surface area contributed by atoms with Crippen LogP contribution >= 0.6 is 23.4 Å². The summed E-state index contributed by atoms with van der Waals surface area (Å²) >= 11 is 7.45. The van der Waals surface area contributed by atoms with E-state index in [4.69, 9.17) is 17.3 Å². The second kappa shape index (κ2) is 6.87. The van der Waals surface area contributed by atoms with Gasteiger partial charge in [-0.1, -0.05) is 23.7 Å². The molecule has 2 aromatic carbocycles. The third-order valence-electron chi connectivity index (χ3n) is 2.98. The van der Waals surface area contributed by atoms with Crippen molar-refractivity contribution in [1.29, 1.82) is 0 Å². The monoisotopic (exact) mass is 320 g/mol. The van der Waals surface area contributed by atoms with Gasteiger partial charge in [0.05, 0.1) is 5.75 Å². The van der Waals surface area contributed by atoms with Crippen molar-refractivity contribution in [2.75, 3.05) is 16.8 Å². The van der Waals surface area contributed by atoms with Crippen LogP contribution in [-0.2, 0) is 4.79 Å². The molecule has 0 aliphatic heterocycles. The molecular formula is C16H17ClN2OS. The Morgan fingerprint density at radius 1 is 1.24 bits per heavy atom. The van der Waals surface area contributed by atoms with E-state index in [1.165, 1.54) is 11.8 Å². The molecule has 0 aromatic heterocycles. The topological polar surface area (TPSA) is 55.1 Å². The summed E-state index contributed by atoms with van der Waals surface area (Å²) in [6, 6.07) is 11.3. The van der Waals surface area contributed by atoms with Gasteiger partial charge in [0.25, 0.3) is 0 Å². The molecule has 0 unspecified atom stereocenters. The summed E-state index contributed by atoms with van der Waals surface area (Å²) in [6.07, 6.45) is 0. The van der Waals surface area contributed by atoms with Gasteiger partial charge in [0.15, 0.2) is 0 Å². The predicted octanol–water partition coefficient (Wildman–Crippen LogP) is 4.27. The highest BCUT2D eigenvalue weighted by Gasteiger charge is 2.07. The molecule has 1 amide bonds. The Hall–Kier alpha value is -1.65. The fourth-order valence-electron chi connectivity index (χ4n) is 1.81. The number of nitrogens with one attached hydrogen (secondary N) is 1. The number of nitrogens with two attached hydrogens (primary N) is 1. The quantitative estimate of drug-likeness (QED) is 0.653. The van der Waals surface area contributed by atoms with Crippen LogP contribution in [0.15, 0.2) is 41.3 Å². The summed E-state index contributed by atoms with van der Waals surface area (Å²) in [6.45, 7) is 3.91. The van der Waals surface area contributed by atoms with E-state index >= 15 is 0 Å². The highest BCUT2D eigenvalue weighted by molar-refractivity contribution is 8.00. The van der Waals surface area contributed by atoms with Crippen molar-refractivity contribution in [3.05, 3.63) is 52.5 Å². The van der Waals surface area contributed by atoms with E-state index in [1.54, 1.807) is 6.07 Å². The van der Waals surface area contributed by atoms with Gasteiger partial charge in [-0.05, 0) is 49.2 Å². The van der Waals surface area contributed by atoms with Crippen molar-refractivity contribution in [2.45, 2.75) is 18.7 Å². The second-order valence-electron chi connectivity index (χ2n) is 4.84. The van der Waals surface area contributed by atoms with Gasteiger partial charge in [0.1, 0.15) is 0 Å². The molecule has 21 heavy (non-hydrogen) atoms. The van der Waals surface area contributed by atoms with Crippen molar-refractivity contribution in [3.63, 3.8) is 0 Å². The first-order valence-corrected chi connectivity index (χ1v) is 7.87. The lowest BCUT2D eigenvalue weighted by Gasteiger charge is -2.08. The van der Waals surface area contributed by atoms with Gasteiger partial charge in [-0.2, -0.15) is 0 Å². The van der Waals surface area contributed by atoms with Crippen LogP contribution in [-0.4, -0.2) is 11.7 Å². The average Bonchev–Trinajstić information content (AvgIpc) is 2.42. The Bertz CT molecular complexity index is 673. The molecule has 0 saturated carbocycles. The zero-order valence-corrected chi connectivity index (χ0v) is 13.5. The van der Waals surface area contributed by atoms with Crippen molar-refractivity contribution in [3.8, 4) is 0 Å². The molecule has 0 aliphatic carbocycles. The van der Waals surface area contributed by atoms with E-state index < -0.39 is 0 Å². The number of benzene rings is 2. The molecule has 3 nitrogen and oxygen atoms in total. The normalized spacial score (nSPS) is 10.4. The number of anilines is 2. The number of nitrogen functional groups attached to an aromatic ring is 1. The molecule has 0 fully saturated rings. The van der Waals surface area contributed by atoms with Gasteiger partial charge >= 0.3 is 0 Å². The first-order chi connectivity index (χ1) is 9.95. The van der Waals surface area contributed by atoms with Crippen molar-refractivity contribution in [2.24, 2.45) is 0 Å². The molecule has 0 heterocycles. The summed E-state index contributed by atoms with van der Waals surface area (Å²) in [4.78, 5) is 12.9. The lowest BCUT2D eigenvalue weighted by atomic mass is 10.2. The molecule has 0 aliphatic rings. The van der Waals surface area contributed by atoms with Gasteiger partial charge in [-0.3, -0.25) is 4.79 Å². The third kappa shape index (κ3) is 4.41. The minimum absolute atomic E-state index is 0.0834. The molecule has 110 valence electrons. The van der Waals surface area contributed by atoms with Gasteiger partial charge in [-0.15, -0.1) is 11.8 Å². The van der Waals surface area contributed by atoms with Crippen LogP contribution in [0.3, 0.4) is 0 Å². The number of halogens is 1. The molecular weight excluding hydrogens is 304 g/mol. The Kier molecular flexibility index (Phi) is 5.15. The number of rotatable bonds is 4. The lowest BCUT2D eigenvalue weighted by Crippen LogP contribution is -2.14. The molecule has 0 radical (unpaired) electrons. The second-order valence-corrected chi connectivity index (χ2v) is 6.27. The maximum Gasteiger partial charge on any atom is 0.234 e. The van der Waals surface area contributed by atoms with Gasteiger partial charge in [-0.25, -0.2) is 0 Å². The molecule has 0 spiro atoms. The average molecular weight is 321 g/mol. The Morgan fingerprint density at radius 2 is 2.00 bits per heavy atom. The number of hydrogen-bond donors (Lipinski definition) is 2. The Labute approximate surface area is 133 Å². The summed E-state index contributed by atoms with van der Waals surface area (Å²) in [5, 5.41) is 3.47. The van der Waals surface area contributed by atoms with Gasteiger partial charge < -0.3 is 11.1 Å². The van der Waals surface area contributed by atoms with E-state index in [0.717, 1.165) is 16.0 Å². The maximum atomic E-state index is 11.9. The van der Waals surface area contributed by atoms with Crippen LogP contribution in [0.5, 0.6) is 0 Å². The van der Waals surface area contributed by atoms with Crippen molar-refractivity contribution < 1.29 is 4.79 Å². The highest BCUT2D eigenvalue weighted by atomic mass is 35.5. The molecule has 0 atom stereocenters. The summed E-state index contributed by atoms with van der Waals surface area (Å²) in [5.41, 5.74) is 9.42. The van der Waals surface area contributed by atoms with Crippen molar-refractivity contribution >= 4 is 40.6 Å². The molecule has 5 heteroatoms. The SMILES string of the molecule is Cc1ccc(SCC(=O)Nc2ccc(C)c(Cl)c2)c(N)c1. The van der Waals surface area contributed by atoms with E-state index in [1.807, 2.05) is 44.2 Å². The molecule has 2 rings (SSSR count). The first kappa shape index (κ1) is 15.7.